The molecule has 0 radical (unpaired) electrons. The first-order valence-electron chi connectivity index (χ1n) is 11.6. The number of carboxylic acids is 2. The van der Waals surface area contributed by atoms with Gasteiger partial charge in [-0.2, -0.15) is 0 Å². The lowest BCUT2D eigenvalue weighted by atomic mass is 10.00. The Hall–Kier alpha value is -2.97. The van der Waals surface area contributed by atoms with Crippen molar-refractivity contribution in [2.45, 2.75) is 63.1 Å². The maximum atomic E-state index is 13.2. The number of carbonyl (C=O) groups excluding carboxylic acids is 1. The molecule has 1 saturated heterocycles. The fourth-order valence-electron chi connectivity index (χ4n) is 4.48. The minimum atomic E-state index is -1.02. The van der Waals surface area contributed by atoms with Gasteiger partial charge in [0.05, 0.1) is 6.04 Å². The summed E-state index contributed by atoms with van der Waals surface area (Å²) in [5.74, 6) is -2.38. The maximum absolute atomic E-state index is 13.2. The number of nitrogens with zero attached hydrogens (tertiary/aromatic N) is 1. The van der Waals surface area contributed by atoms with Crippen molar-refractivity contribution in [1.29, 1.82) is 0 Å². The number of unbranched alkanes of at least 4 members (excludes halogenated alkanes) is 1. The molecule has 178 valence electrons. The Morgan fingerprint density at radius 3 is 2.48 bits per heavy atom. The number of carbonyl (C=O) groups is 3. The Bertz CT molecular complexity index is 979. The van der Waals surface area contributed by atoms with Crippen LogP contribution in [0.1, 0.15) is 44.1 Å². The van der Waals surface area contributed by atoms with Crippen LogP contribution < -0.4 is 11.1 Å². The van der Waals surface area contributed by atoms with Crippen LogP contribution in [0.5, 0.6) is 0 Å². The van der Waals surface area contributed by atoms with E-state index in [4.69, 9.17) is 5.73 Å². The molecule has 2 aromatic carbocycles. The van der Waals surface area contributed by atoms with E-state index in [0.717, 1.165) is 16.3 Å². The first-order chi connectivity index (χ1) is 15.9. The number of benzene rings is 2. The zero-order valence-corrected chi connectivity index (χ0v) is 18.8. The molecule has 8 heteroatoms. The molecule has 0 aromatic heterocycles. The maximum Gasteiger partial charge on any atom is 0.326 e. The third kappa shape index (κ3) is 6.52. The van der Waals surface area contributed by atoms with Crippen molar-refractivity contribution < 1.29 is 24.6 Å². The van der Waals surface area contributed by atoms with E-state index in [0.29, 0.717) is 58.0 Å². The Labute approximate surface area is 193 Å². The average molecular weight is 456 g/mol. The lowest BCUT2D eigenvalue weighted by molar-refractivity contribution is -0.149. The zero-order chi connectivity index (χ0) is 23.8. The van der Waals surface area contributed by atoms with Gasteiger partial charge in [0.25, 0.3) is 0 Å². The third-order valence-electron chi connectivity index (χ3n) is 6.30. The number of aryl methyl sites for hydroxylation is 1. The minimum absolute atomic E-state index is 0.316. The highest BCUT2D eigenvalue weighted by Crippen LogP contribution is 2.21. The number of amides is 1. The molecule has 3 rings (SSSR count). The zero-order valence-electron chi connectivity index (χ0n) is 18.8. The quantitative estimate of drug-likeness (QED) is 0.361. The van der Waals surface area contributed by atoms with Crippen molar-refractivity contribution in [2.24, 2.45) is 5.73 Å². The summed E-state index contributed by atoms with van der Waals surface area (Å²) in [4.78, 5) is 38.2. The van der Waals surface area contributed by atoms with Crippen LogP contribution in [0.15, 0.2) is 42.5 Å². The van der Waals surface area contributed by atoms with Gasteiger partial charge < -0.3 is 20.8 Å². The smallest absolute Gasteiger partial charge is 0.326 e. The van der Waals surface area contributed by atoms with E-state index in [-0.39, 0.29) is 5.91 Å². The summed E-state index contributed by atoms with van der Waals surface area (Å²) in [6, 6.07) is 11.5. The highest BCUT2D eigenvalue weighted by molar-refractivity contribution is 5.88. The van der Waals surface area contributed by atoms with E-state index < -0.39 is 30.1 Å². The van der Waals surface area contributed by atoms with Gasteiger partial charge in [-0.3, -0.25) is 14.9 Å². The molecule has 1 amide bonds. The van der Waals surface area contributed by atoms with Crippen molar-refractivity contribution in [3.05, 3.63) is 48.0 Å². The predicted octanol–water partition coefficient (Wildman–Crippen LogP) is 2.39. The van der Waals surface area contributed by atoms with Crippen LogP contribution in [-0.2, 0) is 20.8 Å². The number of fused-ring (bicyclic) bond motifs is 1. The van der Waals surface area contributed by atoms with E-state index in [9.17, 15) is 24.6 Å². The number of hydrogen-bond donors (Lipinski definition) is 4. The Balaban J connectivity index is 1.70. The van der Waals surface area contributed by atoms with Crippen molar-refractivity contribution in [1.82, 2.24) is 10.2 Å². The molecule has 1 unspecified atom stereocenters. The highest BCUT2D eigenvalue weighted by atomic mass is 16.4. The number of aliphatic carboxylic acids is 2. The van der Waals surface area contributed by atoms with E-state index in [1.54, 1.807) is 0 Å². The van der Waals surface area contributed by atoms with E-state index in [1.807, 2.05) is 36.4 Å². The molecule has 33 heavy (non-hydrogen) atoms. The predicted molar refractivity (Wildman–Crippen MR) is 126 cm³/mol. The van der Waals surface area contributed by atoms with Crippen molar-refractivity contribution in [2.75, 3.05) is 13.1 Å². The molecule has 2 aromatic rings. The number of rotatable bonds is 12. The molecule has 1 aliphatic rings. The van der Waals surface area contributed by atoms with Gasteiger partial charge in [-0.25, -0.2) is 4.79 Å². The van der Waals surface area contributed by atoms with E-state index in [1.165, 1.54) is 4.90 Å². The molecule has 1 heterocycles. The second-order valence-electron chi connectivity index (χ2n) is 8.64. The summed E-state index contributed by atoms with van der Waals surface area (Å²) in [5.41, 5.74) is 6.61. The van der Waals surface area contributed by atoms with Crippen LogP contribution in [-0.4, -0.2) is 64.2 Å². The second kappa shape index (κ2) is 11.8. The van der Waals surface area contributed by atoms with Gasteiger partial charge in [-0.15, -0.1) is 0 Å². The lowest BCUT2D eigenvalue weighted by Gasteiger charge is -2.29. The summed E-state index contributed by atoms with van der Waals surface area (Å²) in [6.45, 7) is 0.854. The molecule has 0 bridgehead atoms. The van der Waals surface area contributed by atoms with Gasteiger partial charge in [0.1, 0.15) is 12.1 Å². The van der Waals surface area contributed by atoms with E-state index >= 15 is 0 Å². The number of nitrogens with one attached hydrogen (secondary N) is 1. The lowest BCUT2D eigenvalue weighted by Crippen LogP contribution is -2.54. The fourth-order valence-corrected chi connectivity index (χ4v) is 4.48. The number of hydrogen-bond acceptors (Lipinski definition) is 5. The van der Waals surface area contributed by atoms with Crippen molar-refractivity contribution in [3.63, 3.8) is 0 Å². The Kier molecular flexibility index (Phi) is 8.79. The molecule has 3 atom stereocenters. The van der Waals surface area contributed by atoms with E-state index in [2.05, 4.69) is 11.4 Å². The molecular weight excluding hydrogens is 422 g/mol. The average Bonchev–Trinajstić information content (AvgIpc) is 3.30. The van der Waals surface area contributed by atoms with Gasteiger partial charge in [0.15, 0.2) is 0 Å². The standard InChI is InChI=1S/C25H33N3O5/c26-14-4-3-8-20(23(29)28-15-5-9-22(28)25(32)33)27-21(24(30)31)13-11-17-10-12-18-6-1-2-7-19(18)16-17/h1-2,6-7,10,12,16,20-22,27H,3-5,8-9,11,13-15,26H2,(H,30,31)(H,32,33)/t20-,21?,22-/m0/s1. The molecular formula is C25H33N3O5. The molecule has 0 aliphatic carbocycles. The van der Waals surface area contributed by atoms with Crippen LogP contribution >= 0.6 is 0 Å². The highest BCUT2D eigenvalue weighted by Gasteiger charge is 2.38. The van der Waals surface area contributed by atoms with Crippen molar-refractivity contribution in [3.8, 4) is 0 Å². The van der Waals surface area contributed by atoms with Crippen LogP contribution in [0.4, 0.5) is 0 Å². The van der Waals surface area contributed by atoms with Crippen molar-refractivity contribution >= 4 is 28.6 Å². The van der Waals surface area contributed by atoms with Gasteiger partial charge in [0.2, 0.25) is 5.91 Å². The second-order valence-corrected chi connectivity index (χ2v) is 8.64. The summed E-state index contributed by atoms with van der Waals surface area (Å²) in [7, 11) is 0. The molecule has 1 aliphatic heterocycles. The Morgan fingerprint density at radius 2 is 1.79 bits per heavy atom. The van der Waals surface area contributed by atoms with Crippen LogP contribution in [0.2, 0.25) is 0 Å². The van der Waals surface area contributed by atoms with Gasteiger partial charge >= 0.3 is 11.9 Å². The molecule has 1 fully saturated rings. The number of carboxylic acid groups (broad SMARTS) is 2. The van der Waals surface area contributed by atoms with Crippen LogP contribution in [0.3, 0.4) is 0 Å². The third-order valence-corrected chi connectivity index (χ3v) is 6.30. The largest absolute Gasteiger partial charge is 0.480 e. The van der Waals surface area contributed by atoms with Gasteiger partial charge in [0, 0.05) is 6.54 Å². The Morgan fingerprint density at radius 1 is 1.03 bits per heavy atom. The SMILES string of the molecule is NCCCC[C@H](NC(CCc1ccc2ccccc2c1)C(=O)O)C(=O)N1CCC[C@H]1C(=O)O. The summed E-state index contributed by atoms with van der Waals surface area (Å²) < 4.78 is 0. The minimum Gasteiger partial charge on any atom is -0.480 e. The molecule has 0 spiro atoms. The molecule has 0 saturated carbocycles. The van der Waals surface area contributed by atoms with Gasteiger partial charge in [-0.05, 0) is 61.4 Å². The van der Waals surface area contributed by atoms with Gasteiger partial charge in [-0.1, -0.05) is 48.9 Å². The monoisotopic (exact) mass is 455 g/mol. The summed E-state index contributed by atoms with van der Waals surface area (Å²) in [5, 5.41) is 24.5. The summed E-state index contributed by atoms with van der Waals surface area (Å²) in [6.07, 6.45) is 3.68. The topological polar surface area (TPSA) is 133 Å². The number of nitrogens with two attached hydrogens (primary N) is 1. The number of likely N-dealkylation sites (tertiary alicyclic amines) is 1. The molecule has 8 nitrogen and oxygen atoms in total. The van der Waals surface area contributed by atoms with Crippen LogP contribution in [0.25, 0.3) is 10.8 Å². The fraction of sp³-hybridized carbons (Fsp3) is 0.480. The normalized spacial score (nSPS) is 17.7. The molecule has 5 N–H and O–H groups in total. The first-order valence-corrected chi connectivity index (χ1v) is 11.6. The van der Waals surface area contributed by atoms with Crippen LogP contribution in [0, 0.1) is 0 Å². The summed E-state index contributed by atoms with van der Waals surface area (Å²) >= 11 is 0. The first kappa shape index (κ1) is 24.7.